The van der Waals surface area contributed by atoms with Gasteiger partial charge in [-0.25, -0.2) is 13.1 Å². The normalized spacial score (nSPS) is 13.0. The van der Waals surface area contributed by atoms with Gasteiger partial charge in [0.05, 0.1) is 17.1 Å². The summed E-state index contributed by atoms with van der Waals surface area (Å²) in [6.45, 7) is 4.42. The lowest BCUT2D eigenvalue weighted by Gasteiger charge is -2.11. The van der Waals surface area contributed by atoms with E-state index in [4.69, 9.17) is 0 Å². The van der Waals surface area contributed by atoms with Gasteiger partial charge in [0, 0.05) is 11.6 Å². The molecule has 0 amide bonds. The molecule has 0 aliphatic carbocycles. The quantitative estimate of drug-likeness (QED) is 0.721. The van der Waals surface area contributed by atoms with Crippen LogP contribution >= 0.6 is 0 Å². The second kappa shape index (κ2) is 7.33. The van der Waals surface area contributed by atoms with Crippen molar-refractivity contribution in [3.8, 4) is 0 Å². The fraction of sp³-hybridized carbons (Fsp3) is 0.250. The molecule has 1 aromatic heterocycles. The Morgan fingerprint density at radius 1 is 1.04 bits per heavy atom. The van der Waals surface area contributed by atoms with E-state index in [0.29, 0.717) is 5.92 Å². The Morgan fingerprint density at radius 3 is 2.48 bits per heavy atom. The van der Waals surface area contributed by atoms with E-state index in [1.165, 1.54) is 0 Å². The number of benzene rings is 2. The molecule has 2 aromatic carbocycles. The predicted molar refractivity (Wildman–Crippen MR) is 101 cm³/mol. The fourth-order valence-corrected chi connectivity index (χ4v) is 3.77. The summed E-state index contributed by atoms with van der Waals surface area (Å²) < 4.78 is 27.8. The van der Waals surface area contributed by atoms with Crippen LogP contribution in [0.3, 0.4) is 0 Å². The Kier molecular flexibility index (Phi) is 5.16. The molecule has 0 aliphatic rings. The van der Waals surface area contributed by atoms with Gasteiger partial charge in [-0.05, 0) is 41.5 Å². The van der Waals surface area contributed by atoms with Crippen molar-refractivity contribution in [2.75, 3.05) is 0 Å². The summed E-state index contributed by atoms with van der Waals surface area (Å²) in [4.78, 5) is 4.60. The highest BCUT2D eigenvalue weighted by Crippen LogP contribution is 2.21. The first kappa shape index (κ1) is 17.6. The number of aromatic nitrogens is 1. The highest BCUT2D eigenvalue weighted by molar-refractivity contribution is 7.89. The zero-order valence-electron chi connectivity index (χ0n) is 14.4. The summed E-state index contributed by atoms with van der Waals surface area (Å²) in [5, 5.41) is 2.00. The standard InChI is InChI=1S/C20H22N2O2S/c1-3-15(2)16-8-10-18(11-9-16)25(23,24)22-14-20-19-7-5-4-6-17(19)12-13-21-20/h4-13,15,22H,3,14H2,1-2H3/t15-/m0/s1. The van der Waals surface area contributed by atoms with Crippen LogP contribution in [0.1, 0.15) is 37.4 Å². The molecule has 0 aliphatic heterocycles. The van der Waals surface area contributed by atoms with Crippen LogP contribution < -0.4 is 4.72 Å². The first-order valence-corrected chi connectivity index (χ1v) is 9.92. The molecule has 1 N–H and O–H groups in total. The van der Waals surface area contributed by atoms with Crippen molar-refractivity contribution in [3.63, 3.8) is 0 Å². The van der Waals surface area contributed by atoms with Gasteiger partial charge >= 0.3 is 0 Å². The van der Waals surface area contributed by atoms with Gasteiger partial charge in [-0.3, -0.25) is 4.98 Å². The van der Waals surface area contributed by atoms with Gasteiger partial charge < -0.3 is 0 Å². The number of nitrogens with zero attached hydrogens (tertiary/aromatic N) is 1. The van der Waals surface area contributed by atoms with E-state index in [9.17, 15) is 8.42 Å². The summed E-state index contributed by atoms with van der Waals surface area (Å²) in [5.41, 5.74) is 1.87. The van der Waals surface area contributed by atoms with Gasteiger partial charge in [0.15, 0.2) is 0 Å². The highest BCUT2D eigenvalue weighted by Gasteiger charge is 2.15. The van der Waals surface area contributed by atoms with Crippen LogP contribution in [0.15, 0.2) is 65.7 Å². The van der Waals surface area contributed by atoms with Crippen LogP contribution in [0.25, 0.3) is 10.8 Å². The van der Waals surface area contributed by atoms with E-state index in [0.717, 1.165) is 28.5 Å². The summed E-state index contributed by atoms with van der Waals surface area (Å²) in [6.07, 6.45) is 2.73. The number of hydrogen-bond donors (Lipinski definition) is 1. The Hall–Kier alpha value is -2.24. The lowest BCUT2D eigenvalue weighted by Crippen LogP contribution is -2.23. The summed E-state index contributed by atoms with van der Waals surface area (Å²) >= 11 is 0. The summed E-state index contributed by atoms with van der Waals surface area (Å²) in [6, 6.07) is 16.8. The molecule has 1 atom stereocenters. The molecule has 0 saturated carbocycles. The zero-order chi connectivity index (χ0) is 17.9. The molecule has 0 spiro atoms. The molecule has 3 rings (SSSR count). The van der Waals surface area contributed by atoms with E-state index in [-0.39, 0.29) is 11.4 Å². The van der Waals surface area contributed by atoms with Crippen molar-refractivity contribution in [1.29, 1.82) is 0 Å². The topological polar surface area (TPSA) is 59.1 Å². The lowest BCUT2D eigenvalue weighted by molar-refractivity contribution is 0.580. The minimum absolute atomic E-state index is 0.163. The Labute approximate surface area is 149 Å². The van der Waals surface area contributed by atoms with Crippen molar-refractivity contribution in [3.05, 3.63) is 72.1 Å². The second-order valence-electron chi connectivity index (χ2n) is 6.18. The van der Waals surface area contributed by atoms with E-state index in [1.807, 2.05) is 42.5 Å². The molecule has 130 valence electrons. The van der Waals surface area contributed by atoms with Crippen molar-refractivity contribution in [2.45, 2.75) is 37.6 Å². The van der Waals surface area contributed by atoms with Crippen molar-refractivity contribution >= 4 is 20.8 Å². The van der Waals surface area contributed by atoms with Gasteiger partial charge in [-0.1, -0.05) is 50.2 Å². The third kappa shape index (κ3) is 3.89. The van der Waals surface area contributed by atoms with E-state index in [2.05, 4.69) is 23.6 Å². The van der Waals surface area contributed by atoms with Gasteiger partial charge in [0.1, 0.15) is 0 Å². The van der Waals surface area contributed by atoms with Crippen LogP contribution in [-0.2, 0) is 16.6 Å². The molecule has 5 heteroatoms. The number of pyridine rings is 1. The molecule has 0 fully saturated rings. The predicted octanol–water partition coefficient (Wildman–Crippen LogP) is 4.23. The van der Waals surface area contributed by atoms with Crippen LogP contribution in [0.4, 0.5) is 0 Å². The number of rotatable bonds is 6. The SMILES string of the molecule is CC[C@H](C)c1ccc(S(=O)(=O)NCc2nccc3ccccc23)cc1. The first-order valence-electron chi connectivity index (χ1n) is 8.43. The Morgan fingerprint density at radius 2 is 1.76 bits per heavy atom. The second-order valence-corrected chi connectivity index (χ2v) is 7.95. The average Bonchev–Trinajstić information content (AvgIpc) is 2.66. The van der Waals surface area contributed by atoms with Crippen molar-refractivity contribution < 1.29 is 8.42 Å². The first-order chi connectivity index (χ1) is 12.0. The number of hydrogen-bond acceptors (Lipinski definition) is 3. The van der Waals surface area contributed by atoms with E-state index in [1.54, 1.807) is 18.3 Å². The maximum atomic E-state index is 12.6. The van der Waals surface area contributed by atoms with Gasteiger partial charge in [0.25, 0.3) is 0 Å². The van der Waals surface area contributed by atoms with Gasteiger partial charge in [0.2, 0.25) is 10.0 Å². The molecular formula is C20H22N2O2S. The van der Waals surface area contributed by atoms with Gasteiger partial charge in [-0.15, -0.1) is 0 Å². The lowest BCUT2D eigenvalue weighted by atomic mass is 9.99. The van der Waals surface area contributed by atoms with Crippen molar-refractivity contribution in [2.24, 2.45) is 0 Å². The molecule has 25 heavy (non-hydrogen) atoms. The molecule has 0 bridgehead atoms. The highest BCUT2D eigenvalue weighted by atomic mass is 32.2. The maximum absolute atomic E-state index is 12.6. The van der Waals surface area contributed by atoms with Crippen LogP contribution in [-0.4, -0.2) is 13.4 Å². The third-order valence-electron chi connectivity index (χ3n) is 4.56. The molecule has 3 aromatic rings. The average molecular weight is 354 g/mol. The monoisotopic (exact) mass is 354 g/mol. The molecule has 0 saturated heterocycles. The van der Waals surface area contributed by atoms with Gasteiger partial charge in [-0.2, -0.15) is 0 Å². The Bertz CT molecular complexity index is 961. The minimum atomic E-state index is -3.57. The molecular weight excluding hydrogens is 332 g/mol. The summed E-state index contributed by atoms with van der Waals surface area (Å²) in [7, 11) is -3.57. The molecule has 0 unspecified atom stereocenters. The van der Waals surface area contributed by atoms with E-state index >= 15 is 0 Å². The molecule has 1 heterocycles. The number of sulfonamides is 1. The fourth-order valence-electron chi connectivity index (χ4n) is 2.78. The Balaban J connectivity index is 1.79. The number of fused-ring (bicyclic) bond motifs is 1. The third-order valence-corrected chi connectivity index (χ3v) is 5.97. The zero-order valence-corrected chi connectivity index (χ0v) is 15.3. The summed E-state index contributed by atoms with van der Waals surface area (Å²) in [5.74, 6) is 0.421. The molecule has 0 radical (unpaired) electrons. The van der Waals surface area contributed by atoms with Crippen LogP contribution in [0, 0.1) is 0 Å². The largest absolute Gasteiger partial charge is 0.259 e. The van der Waals surface area contributed by atoms with E-state index < -0.39 is 10.0 Å². The van der Waals surface area contributed by atoms with Crippen LogP contribution in [0.5, 0.6) is 0 Å². The number of nitrogens with one attached hydrogen (secondary N) is 1. The molecule has 4 nitrogen and oxygen atoms in total. The smallest absolute Gasteiger partial charge is 0.240 e. The van der Waals surface area contributed by atoms with Crippen LogP contribution in [0.2, 0.25) is 0 Å². The van der Waals surface area contributed by atoms with Crippen molar-refractivity contribution in [1.82, 2.24) is 9.71 Å². The maximum Gasteiger partial charge on any atom is 0.240 e. The minimum Gasteiger partial charge on any atom is -0.259 e.